The number of nitro benzene ring substituents is 2. The Bertz CT molecular complexity index is 3860. The van der Waals surface area contributed by atoms with Crippen LogP contribution in [-0.2, 0) is 46.1 Å². The van der Waals surface area contributed by atoms with Crippen molar-refractivity contribution in [1.82, 2.24) is 24.6 Å². The van der Waals surface area contributed by atoms with E-state index in [1.807, 2.05) is 0 Å². The number of benzene rings is 8. The molecule has 0 aliphatic rings. The fourth-order valence-corrected chi connectivity index (χ4v) is 9.39. The Morgan fingerprint density at radius 3 is 1.37 bits per heavy atom. The van der Waals surface area contributed by atoms with E-state index in [2.05, 4.69) is 31.1 Å². The summed E-state index contributed by atoms with van der Waals surface area (Å²) in [6.07, 6.45) is 0. The Balaban J connectivity index is 0.000000521. The van der Waals surface area contributed by atoms with Gasteiger partial charge in [-0.1, -0.05) is 35.8 Å². The molecule has 32 nitrogen and oxygen atoms in total. The van der Waals surface area contributed by atoms with Crippen LogP contribution in [0.1, 0.15) is 0 Å². The molecule has 0 heterocycles. The van der Waals surface area contributed by atoms with Crippen molar-refractivity contribution in [3.63, 3.8) is 0 Å². The van der Waals surface area contributed by atoms with E-state index in [1.165, 1.54) is 84.9 Å². The summed E-state index contributed by atoms with van der Waals surface area (Å²) in [5.74, 6) is -2.95. The molecule has 81 heavy (non-hydrogen) atoms. The van der Waals surface area contributed by atoms with Gasteiger partial charge in [-0.3, -0.25) is 38.5 Å². The summed E-state index contributed by atoms with van der Waals surface area (Å²) in [4.78, 5) is 56.1. The summed E-state index contributed by atoms with van der Waals surface area (Å²) in [6, 6.07) is 26.6. The molecule has 0 saturated heterocycles. The number of hydrogen-bond donors (Lipinski definition) is 14. The van der Waals surface area contributed by atoms with Crippen molar-refractivity contribution >= 4 is 124 Å². The first-order valence-electron chi connectivity index (χ1n) is 20.6. The Morgan fingerprint density at radius 1 is 0.494 bits per heavy atom. The van der Waals surface area contributed by atoms with Crippen LogP contribution in [0.3, 0.4) is 0 Å². The number of anilines is 4. The minimum absolute atomic E-state index is 0. The smallest absolute Gasteiger partial charge is 0.871 e. The van der Waals surface area contributed by atoms with Gasteiger partial charge in [0.15, 0.2) is 5.75 Å². The number of nitrogens with zero attached hydrogens (tertiary/aromatic N) is 6. The van der Waals surface area contributed by atoms with E-state index < -0.39 is 112 Å². The van der Waals surface area contributed by atoms with E-state index in [4.69, 9.17) is 0 Å². The van der Waals surface area contributed by atoms with Crippen LogP contribution in [0.25, 0.3) is 21.5 Å². The maximum absolute atomic E-state index is 13.1. The molecule has 0 aliphatic carbocycles. The molecule has 0 atom stereocenters. The van der Waals surface area contributed by atoms with Crippen molar-refractivity contribution in [2.45, 2.75) is 9.79 Å². The summed E-state index contributed by atoms with van der Waals surface area (Å²) >= 11 is 0. The predicted molar refractivity (Wildman–Crippen MR) is 287 cm³/mol. The largest absolute Gasteiger partial charge is 2.00 e. The number of hydrogen-bond acceptors (Lipinski definition) is 24. The minimum atomic E-state index is -5.02. The minimum Gasteiger partial charge on any atom is -0.871 e. The van der Waals surface area contributed by atoms with Gasteiger partial charge in [0.05, 0.1) is 31.8 Å². The molecule has 8 aromatic carbocycles. The molecule has 0 bridgehead atoms. The fourth-order valence-electron chi connectivity index (χ4n) is 6.90. The van der Waals surface area contributed by atoms with Crippen molar-refractivity contribution in [2.75, 3.05) is 10.6 Å². The summed E-state index contributed by atoms with van der Waals surface area (Å²) in [5.41, 5.74) is -2.08. The van der Waals surface area contributed by atoms with Gasteiger partial charge in [-0.05, 0) is 101 Å². The SMILES string of the molecule is N.N.N.N.O=[N+]([O-])c1ccc(O)c(N=Nc2c(S(=O)(=O)O)cc3cc(Nc4cccc(P(=O)(O)O)c4)ccc3c2O)c1.O=[N+]([O-])c1ccc([O-])c(N=Nc2c(S(=O)(=O)O)cc3cc(Nc4cccc(P(=O)(O)O)c4)ccc3c2[O-])c1.[Co+2]. The van der Waals surface area contributed by atoms with Gasteiger partial charge in [0.2, 0.25) is 0 Å². The molecule has 0 aliphatic heterocycles. The van der Waals surface area contributed by atoms with Gasteiger partial charge >= 0.3 is 32.0 Å². The van der Waals surface area contributed by atoms with Crippen LogP contribution in [0.5, 0.6) is 23.0 Å². The molecule has 0 saturated carbocycles. The molecule has 0 spiro atoms. The number of azo groups is 2. The van der Waals surface area contributed by atoms with Gasteiger partial charge in [0.25, 0.3) is 31.6 Å². The number of nitrogens with one attached hydrogen (secondary N) is 2. The van der Waals surface area contributed by atoms with Crippen LogP contribution in [0.4, 0.5) is 56.9 Å². The number of non-ortho nitro benzene ring substituents is 2. The predicted octanol–water partition coefficient (Wildman–Crippen LogP) is 8.12. The molecule has 0 aromatic heterocycles. The molecule has 22 N–H and O–H groups in total. The van der Waals surface area contributed by atoms with Crippen molar-refractivity contribution in [1.29, 1.82) is 0 Å². The van der Waals surface area contributed by atoms with Crippen LogP contribution in [-0.4, -0.2) is 65.6 Å². The fraction of sp³-hybridized carbons (Fsp3) is 0. The summed E-state index contributed by atoms with van der Waals surface area (Å²) < 4.78 is 90.8. The normalized spacial score (nSPS) is 11.4. The molecule has 1 radical (unpaired) electrons. The van der Waals surface area contributed by atoms with Gasteiger partial charge in [0.1, 0.15) is 26.9 Å². The monoisotopic (exact) mass is 1250 g/mol. The second kappa shape index (κ2) is 26.7. The first kappa shape index (κ1) is 68.7. The molecule has 431 valence electrons. The zero-order chi connectivity index (χ0) is 55.7. The van der Waals surface area contributed by atoms with E-state index in [9.17, 15) is 95.3 Å². The van der Waals surface area contributed by atoms with Gasteiger partial charge < -0.3 is 75.2 Å². The number of phenolic OH excluding ortho intramolecular Hbond substituents is 2. The average Bonchev–Trinajstić information content (AvgIpc) is 3.33. The zero-order valence-corrected chi connectivity index (χ0v) is 45.2. The van der Waals surface area contributed by atoms with E-state index in [-0.39, 0.29) is 73.5 Å². The van der Waals surface area contributed by atoms with E-state index in [0.717, 1.165) is 48.5 Å². The van der Waals surface area contributed by atoms with E-state index in [0.29, 0.717) is 22.7 Å². The van der Waals surface area contributed by atoms with Gasteiger partial charge in [-0.2, -0.15) is 21.9 Å². The third kappa shape index (κ3) is 16.3. The van der Waals surface area contributed by atoms with Crippen LogP contribution < -0.4 is 56.1 Å². The van der Waals surface area contributed by atoms with Crippen LogP contribution in [0.2, 0.25) is 0 Å². The first-order chi connectivity index (χ1) is 35.5. The van der Waals surface area contributed by atoms with Crippen LogP contribution >= 0.6 is 15.2 Å². The first-order valence-corrected chi connectivity index (χ1v) is 26.7. The number of fused-ring (bicyclic) bond motifs is 2. The third-order valence-electron chi connectivity index (χ3n) is 10.4. The van der Waals surface area contributed by atoms with Crippen molar-refractivity contribution in [2.24, 2.45) is 20.5 Å². The molecular weight excluding hydrogens is 1200 g/mol. The number of rotatable bonds is 14. The van der Waals surface area contributed by atoms with Crippen molar-refractivity contribution in [3.8, 4) is 23.0 Å². The molecule has 0 unspecified atom stereocenters. The molecule has 0 fully saturated rings. The second-order valence-corrected chi connectivity index (χ2v) is 21.6. The maximum atomic E-state index is 13.1. The third-order valence-corrected chi connectivity index (χ3v) is 14.1. The average molecular weight is 1250 g/mol. The molecular formula is C44H44CoN12O20P2S2. The Morgan fingerprint density at radius 2 is 0.901 bits per heavy atom. The molecule has 8 aromatic rings. The standard InChI is InChI=1S/2C22H17N4O10PS.Co.4H3N/c2*27-19-7-5-15(26(29)30)11-18(19)24-25-21-20(38(34,35)36)9-12-8-14(4-6-17(12)22(21)28)23-13-2-1-3-16(10-13)37(31,32)33;;;;;/h2*1-11,23,27-28H,(H2,31,32,33)(H,34,35,36);;4*1H3/q;;+2;;;;/p-2. The zero-order valence-electron chi connectivity index (χ0n) is 40.7. The summed E-state index contributed by atoms with van der Waals surface area (Å²) in [6.45, 7) is 0. The van der Waals surface area contributed by atoms with Crippen LogP contribution in [0.15, 0.2) is 164 Å². The van der Waals surface area contributed by atoms with E-state index >= 15 is 0 Å². The quantitative estimate of drug-likeness (QED) is 0.0161. The molecule has 37 heteroatoms. The molecule has 0 amide bonds. The number of nitro groups is 2. The van der Waals surface area contributed by atoms with Crippen molar-refractivity contribution < 1.29 is 102 Å². The Kier molecular flexibility index (Phi) is 22.6. The molecule has 8 rings (SSSR count). The summed E-state index contributed by atoms with van der Waals surface area (Å²) in [7, 11) is -19.0. The number of aromatic hydroxyl groups is 2. The number of phenols is 2. The Hall–Kier alpha value is -8.45. The van der Waals surface area contributed by atoms with E-state index in [1.54, 1.807) is 0 Å². The Labute approximate surface area is 466 Å². The van der Waals surface area contributed by atoms with Gasteiger partial charge in [-0.15, -0.1) is 15.3 Å². The van der Waals surface area contributed by atoms with Gasteiger partial charge in [-0.25, -0.2) is 0 Å². The second-order valence-electron chi connectivity index (χ2n) is 15.6. The van der Waals surface area contributed by atoms with Gasteiger partial charge in [0, 0.05) is 52.4 Å². The van der Waals surface area contributed by atoms with Crippen molar-refractivity contribution in [3.05, 3.63) is 154 Å². The summed E-state index contributed by atoms with van der Waals surface area (Å²) in [5, 5.41) is 87.6. The van der Waals surface area contributed by atoms with Crippen LogP contribution in [0, 0.1) is 20.2 Å². The topological polar surface area (TPSA) is 610 Å². The maximum Gasteiger partial charge on any atom is 2.00 e.